The van der Waals surface area contributed by atoms with Gasteiger partial charge in [0.2, 0.25) is 0 Å². The minimum absolute atomic E-state index is 0.161. The lowest BCUT2D eigenvalue weighted by molar-refractivity contribution is 0.352. The van der Waals surface area contributed by atoms with Gasteiger partial charge in [0.1, 0.15) is 0 Å². The molecule has 1 saturated carbocycles. The van der Waals surface area contributed by atoms with Crippen LogP contribution in [0.25, 0.3) is 0 Å². The highest BCUT2D eigenvalue weighted by atomic mass is 79.9. The van der Waals surface area contributed by atoms with Crippen LogP contribution >= 0.6 is 27.5 Å². The number of hydrogen-bond acceptors (Lipinski definition) is 2. The van der Waals surface area contributed by atoms with Gasteiger partial charge in [-0.3, -0.25) is 4.68 Å². The lowest BCUT2D eigenvalue weighted by Gasteiger charge is -2.26. The number of aromatic nitrogens is 2. The van der Waals surface area contributed by atoms with Gasteiger partial charge in [0, 0.05) is 17.3 Å². The van der Waals surface area contributed by atoms with Crippen molar-refractivity contribution < 1.29 is 0 Å². The Morgan fingerprint density at radius 1 is 1.61 bits per heavy atom. The Morgan fingerprint density at radius 3 is 2.89 bits per heavy atom. The maximum absolute atomic E-state index is 6.29. The van der Waals surface area contributed by atoms with Crippen molar-refractivity contribution in [3.63, 3.8) is 0 Å². The number of likely N-dealkylation sites (N-methyl/N-ethyl adjacent to an activating group) is 1. The van der Waals surface area contributed by atoms with Crippen molar-refractivity contribution in [2.24, 2.45) is 0 Å². The second-order valence-electron chi connectivity index (χ2n) is 5.77. The molecule has 0 amide bonds. The number of nitrogens with zero attached hydrogens (tertiary/aromatic N) is 3. The fraction of sp³-hybridized carbons (Fsp3) is 0.769. The van der Waals surface area contributed by atoms with Crippen molar-refractivity contribution in [3.8, 4) is 0 Å². The van der Waals surface area contributed by atoms with Crippen molar-refractivity contribution in [2.75, 3.05) is 20.6 Å². The van der Waals surface area contributed by atoms with E-state index in [0.717, 1.165) is 36.8 Å². The molecule has 1 aromatic rings. The molecule has 0 spiro atoms. The van der Waals surface area contributed by atoms with Crippen LogP contribution in [-0.2, 0) is 12.0 Å². The van der Waals surface area contributed by atoms with Crippen molar-refractivity contribution >= 4 is 27.5 Å². The second-order valence-corrected chi connectivity index (χ2v) is 7.24. The van der Waals surface area contributed by atoms with E-state index in [1.807, 2.05) is 6.20 Å². The largest absolute Gasteiger partial charge is 0.308 e. The first-order valence-corrected chi connectivity index (χ1v) is 7.66. The van der Waals surface area contributed by atoms with E-state index in [4.69, 9.17) is 11.6 Å². The standard InChI is InChI=1S/C13H21BrClN3/c1-13(5-4-10(15)8-13)12-11(14)9-16-18(12)7-6-17(2)3/h9-10H,4-8H2,1-3H3. The Bertz CT molecular complexity index is 418. The van der Waals surface area contributed by atoms with Crippen molar-refractivity contribution in [3.05, 3.63) is 16.4 Å². The molecule has 5 heteroatoms. The topological polar surface area (TPSA) is 21.1 Å². The Labute approximate surface area is 123 Å². The molecule has 1 aliphatic rings. The first kappa shape index (κ1) is 14.4. The van der Waals surface area contributed by atoms with Gasteiger partial charge in [-0.05, 0) is 49.3 Å². The van der Waals surface area contributed by atoms with Crippen LogP contribution in [0.5, 0.6) is 0 Å². The molecule has 2 unspecified atom stereocenters. The van der Waals surface area contributed by atoms with Gasteiger partial charge >= 0.3 is 0 Å². The summed E-state index contributed by atoms with van der Waals surface area (Å²) in [4.78, 5) is 2.18. The van der Waals surface area contributed by atoms with Gasteiger partial charge in [0.05, 0.1) is 22.9 Å². The lowest BCUT2D eigenvalue weighted by atomic mass is 9.85. The van der Waals surface area contributed by atoms with Gasteiger partial charge in [-0.15, -0.1) is 11.6 Å². The summed E-state index contributed by atoms with van der Waals surface area (Å²) in [5.74, 6) is 0. The van der Waals surface area contributed by atoms with Gasteiger partial charge in [-0.25, -0.2) is 0 Å². The van der Waals surface area contributed by atoms with Gasteiger partial charge in [0.15, 0.2) is 0 Å². The van der Waals surface area contributed by atoms with E-state index >= 15 is 0 Å². The molecule has 18 heavy (non-hydrogen) atoms. The summed E-state index contributed by atoms with van der Waals surface area (Å²) in [5.41, 5.74) is 1.47. The summed E-state index contributed by atoms with van der Waals surface area (Å²) in [6.07, 6.45) is 5.20. The minimum Gasteiger partial charge on any atom is -0.308 e. The third-order valence-corrected chi connectivity index (χ3v) is 4.76. The molecule has 1 aliphatic carbocycles. The van der Waals surface area contributed by atoms with Crippen LogP contribution in [0.2, 0.25) is 0 Å². The first-order valence-electron chi connectivity index (χ1n) is 6.43. The van der Waals surface area contributed by atoms with E-state index in [1.54, 1.807) is 0 Å². The predicted molar refractivity (Wildman–Crippen MR) is 79.3 cm³/mol. The van der Waals surface area contributed by atoms with Crippen LogP contribution in [-0.4, -0.2) is 40.7 Å². The number of halogens is 2. The normalized spacial score (nSPS) is 28.2. The zero-order valence-corrected chi connectivity index (χ0v) is 13.6. The van der Waals surface area contributed by atoms with Crippen molar-refractivity contribution in [1.29, 1.82) is 0 Å². The van der Waals surface area contributed by atoms with E-state index in [0.29, 0.717) is 5.38 Å². The Balaban J connectivity index is 2.23. The van der Waals surface area contributed by atoms with Gasteiger partial charge < -0.3 is 4.90 Å². The molecular weight excluding hydrogens is 314 g/mol. The molecule has 0 N–H and O–H groups in total. The maximum atomic E-state index is 6.29. The summed E-state index contributed by atoms with van der Waals surface area (Å²) >= 11 is 9.94. The average Bonchev–Trinajstić information content (AvgIpc) is 2.80. The number of hydrogen-bond donors (Lipinski definition) is 0. The predicted octanol–water partition coefficient (Wildman–Crippen LogP) is 3.26. The van der Waals surface area contributed by atoms with Crippen LogP contribution < -0.4 is 0 Å². The zero-order chi connectivity index (χ0) is 13.3. The highest BCUT2D eigenvalue weighted by Gasteiger charge is 2.39. The van der Waals surface area contributed by atoms with Crippen LogP contribution in [0.4, 0.5) is 0 Å². The zero-order valence-electron chi connectivity index (χ0n) is 11.3. The van der Waals surface area contributed by atoms with E-state index in [9.17, 15) is 0 Å². The minimum atomic E-state index is 0.161. The molecule has 1 aromatic heterocycles. The molecule has 1 fully saturated rings. The summed E-state index contributed by atoms with van der Waals surface area (Å²) in [7, 11) is 4.18. The molecule has 1 heterocycles. The molecule has 3 nitrogen and oxygen atoms in total. The SMILES string of the molecule is CN(C)CCn1ncc(Br)c1C1(C)CCC(Cl)C1. The van der Waals surface area contributed by atoms with E-state index < -0.39 is 0 Å². The van der Waals surface area contributed by atoms with Crippen LogP contribution in [0.3, 0.4) is 0 Å². The van der Waals surface area contributed by atoms with Gasteiger partial charge in [-0.2, -0.15) is 5.10 Å². The Morgan fingerprint density at radius 2 is 2.33 bits per heavy atom. The molecule has 102 valence electrons. The molecule has 0 saturated heterocycles. The van der Waals surface area contributed by atoms with Gasteiger partial charge in [0.25, 0.3) is 0 Å². The van der Waals surface area contributed by atoms with E-state index in [-0.39, 0.29) is 5.41 Å². The fourth-order valence-corrected chi connectivity index (χ4v) is 4.03. The molecule has 0 bridgehead atoms. The number of rotatable bonds is 4. The van der Waals surface area contributed by atoms with Crippen molar-refractivity contribution in [2.45, 2.75) is 43.5 Å². The summed E-state index contributed by atoms with van der Waals surface area (Å²) < 4.78 is 3.26. The van der Waals surface area contributed by atoms with Crippen molar-refractivity contribution in [1.82, 2.24) is 14.7 Å². The summed E-state index contributed by atoms with van der Waals surface area (Å²) in [5, 5.41) is 4.81. The fourth-order valence-electron chi connectivity index (χ4n) is 2.81. The third kappa shape index (κ3) is 2.91. The molecule has 2 rings (SSSR count). The van der Waals surface area contributed by atoms with Crippen LogP contribution in [0.15, 0.2) is 10.7 Å². The Kier molecular flexibility index (Phi) is 4.40. The average molecular weight is 335 g/mol. The highest BCUT2D eigenvalue weighted by Crippen LogP contribution is 2.45. The molecule has 0 aromatic carbocycles. The highest BCUT2D eigenvalue weighted by molar-refractivity contribution is 9.10. The number of alkyl halides is 1. The molecule has 0 radical (unpaired) electrons. The second kappa shape index (κ2) is 5.51. The maximum Gasteiger partial charge on any atom is 0.0635 e. The van der Waals surface area contributed by atoms with Crippen LogP contribution in [0, 0.1) is 0 Å². The first-order chi connectivity index (χ1) is 8.42. The lowest BCUT2D eigenvalue weighted by Crippen LogP contribution is -2.27. The summed E-state index contributed by atoms with van der Waals surface area (Å²) in [6, 6.07) is 0. The van der Waals surface area contributed by atoms with E-state index in [1.165, 1.54) is 5.69 Å². The smallest absolute Gasteiger partial charge is 0.0635 e. The monoisotopic (exact) mass is 333 g/mol. The molecule has 2 atom stereocenters. The third-order valence-electron chi connectivity index (χ3n) is 3.81. The van der Waals surface area contributed by atoms with E-state index in [2.05, 4.69) is 51.6 Å². The van der Waals surface area contributed by atoms with Crippen LogP contribution in [0.1, 0.15) is 31.9 Å². The molecule has 0 aliphatic heterocycles. The summed E-state index contributed by atoms with van der Waals surface area (Å²) in [6.45, 7) is 4.24. The Hall–Kier alpha value is -0.0600. The quantitative estimate of drug-likeness (QED) is 0.788. The van der Waals surface area contributed by atoms with Gasteiger partial charge in [-0.1, -0.05) is 6.92 Å². The molecular formula is C13H21BrClN3.